The smallest absolute Gasteiger partial charge is 0.262 e. The van der Waals surface area contributed by atoms with E-state index in [1.807, 2.05) is 18.2 Å². The third-order valence-corrected chi connectivity index (χ3v) is 6.37. The van der Waals surface area contributed by atoms with Crippen molar-refractivity contribution in [2.24, 2.45) is 0 Å². The van der Waals surface area contributed by atoms with Gasteiger partial charge in [-0.3, -0.25) is 9.10 Å². The molecule has 1 amide bonds. The van der Waals surface area contributed by atoms with Crippen molar-refractivity contribution in [3.63, 3.8) is 0 Å². The van der Waals surface area contributed by atoms with Crippen molar-refractivity contribution >= 4 is 54.8 Å². The van der Waals surface area contributed by atoms with Crippen LogP contribution in [-0.4, -0.2) is 27.2 Å². The number of nitrogens with one attached hydrogen (secondary N) is 1. The lowest BCUT2D eigenvalue weighted by molar-refractivity contribution is -0.118. The van der Waals surface area contributed by atoms with E-state index in [1.54, 1.807) is 54.6 Å². The summed E-state index contributed by atoms with van der Waals surface area (Å²) >= 11 is 9.27. The summed E-state index contributed by atoms with van der Waals surface area (Å²) in [7, 11) is -3.51. The average molecular weight is 524 g/mol. The highest BCUT2D eigenvalue weighted by Crippen LogP contribution is 2.25. The van der Waals surface area contributed by atoms with E-state index >= 15 is 0 Å². The maximum Gasteiger partial charge on any atom is 0.262 e. The Morgan fingerprint density at radius 3 is 2.29 bits per heavy atom. The molecule has 0 radical (unpaired) electrons. The average Bonchev–Trinajstić information content (AvgIpc) is 2.73. The number of carbonyl (C=O) groups is 1. The van der Waals surface area contributed by atoms with Crippen molar-refractivity contribution in [3.8, 4) is 5.75 Å². The second-order valence-electron chi connectivity index (χ2n) is 6.71. The molecule has 0 saturated carbocycles. The molecule has 0 aliphatic heterocycles. The van der Waals surface area contributed by atoms with Gasteiger partial charge in [-0.15, -0.1) is 0 Å². The molecule has 0 aromatic heterocycles. The number of ether oxygens (including phenoxy) is 1. The number of sulfonamides is 1. The number of amides is 1. The SMILES string of the molecule is CS(=O)(=O)N(Cc1ccc(Cl)cc1)c1ccc(OCC(=O)Nc2ccccc2Br)cc1. The molecule has 3 aromatic carbocycles. The molecule has 6 nitrogen and oxygen atoms in total. The van der Waals surface area contributed by atoms with Crippen LogP contribution in [0, 0.1) is 0 Å². The largest absolute Gasteiger partial charge is 0.484 e. The Morgan fingerprint density at radius 1 is 1.03 bits per heavy atom. The van der Waals surface area contributed by atoms with Crippen LogP contribution in [0.2, 0.25) is 5.02 Å². The van der Waals surface area contributed by atoms with E-state index in [9.17, 15) is 13.2 Å². The van der Waals surface area contributed by atoms with Gasteiger partial charge in [0.1, 0.15) is 5.75 Å². The molecule has 0 aliphatic carbocycles. The predicted molar refractivity (Wildman–Crippen MR) is 127 cm³/mol. The molecule has 0 saturated heterocycles. The van der Waals surface area contributed by atoms with E-state index in [0.29, 0.717) is 22.1 Å². The van der Waals surface area contributed by atoms with Crippen LogP contribution in [0.1, 0.15) is 5.56 Å². The van der Waals surface area contributed by atoms with Crippen molar-refractivity contribution in [2.75, 3.05) is 22.5 Å². The number of halogens is 2. The third kappa shape index (κ3) is 6.72. The molecule has 162 valence electrons. The van der Waals surface area contributed by atoms with Gasteiger partial charge in [0.05, 0.1) is 24.2 Å². The topological polar surface area (TPSA) is 75.7 Å². The zero-order valence-electron chi connectivity index (χ0n) is 16.6. The Bertz CT molecular complexity index is 1150. The molecule has 0 bridgehead atoms. The molecule has 3 aromatic rings. The number of carbonyl (C=O) groups excluding carboxylic acids is 1. The zero-order valence-corrected chi connectivity index (χ0v) is 19.7. The van der Waals surface area contributed by atoms with Gasteiger partial charge in [-0.1, -0.05) is 35.9 Å². The Hall–Kier alpha value is -2.55. The van der Waals surface area contributed by atoms with E-state index in [-0.39, 0.29) is 19.1 Å². The molecule has 0 aliphatic rings. The minimum Gasteiger partial charge on any atom is -0.484 e. The highest BCUT2D eigenvalue weighted by molar-refractivity contribution is 9.10. The predicted octanol–water partition coefficient (Wildman–Crippen LogP) is 5.09. The Kier molecular flexibility index (Phi) is 7.59. The van der Waals surface area contributed by atoms with Gasteiger partial charge in [0.15, 0.2) is 6.61 Å². The fraction of sp³-hybridized carbons (Fsp3) is 0.136. The Balaban J connectivity index is 1.65. The van der Waals surface area contributed by atoms with Gasteiger partial charge in [0, 0.05) is 9.50 Å². The van der Waals surface area contributed by atoms with E-state index in [2.05, 4.69) is 21.2 Å². The summed E-state index contributed by atoms with van der Waals surface area (Å²) < 4.78 is 32.2. The van der Waals surface area contributed by atoms with E-state index in [0.717, 1.165) is 16.3 Å². The quantitative estimate of drug-likeness (QED) is 0.446. The normalized spacial score (nSPS) is 11.1. The summed E-state index contributed by atoms with van der Waals surface area (Å²) in [6.45, 7) is -0.00812. The molecule has 3 rings (SSSR count). The molecule has 31 heavy (non-hydrogen) atoms. The van der Waals surface area contributed by atoms with Crippen LogP contribution in [0.4, 0.5) is 11.4 Å². The number of hydrogen-bond donors (Lipinski definition) is 1. The van der Waals surface area contributed by atoms with Crippen LogP contribution in [0.15, 0.2) is 77.3 Å². The fourth-order valence-electron chi connectivity index (χ4n) is 2.76. The highest BCUT2D eigenvalue weighted by atomic mass is 79.9. The van der Waals surface area contributed by atoms with Gasteiger partial charge < -0.3 is 10.1 Å². The standard InChI is InChI=1S/C22H20BrClN2O4S/c1-31(28,29)26(14-16-6-8-17(24)9-7-16)18-10-12-19(13-11-18)30-15-22(27)25-21-5-3-2-4-20(21)23/h2-13H,14-15H2,1H3,(H,25,27). The second-order valence-corrected chi connectivity index (χ2v) is 9.90. The first kappa shape index (κ1) is 23.1. The summed E-state index contributed by atoms with van der Waals surface area (Å²) in [6, 6.07) is 20.8. The minimum atomic E-state index is -3.51. The number of benzene rings is 3. The first-order valence-electron chi connectivity index (χ1n) is 9.22. The lowest BCUT2D eigenvalue weighted by Gasteiger charge is -2.23. The molecule has 9 heteroatoms. The molecule has 0 fully saturated rings. The number of nitrogens with zero attached hydrogens (tertiary/aromatic N) is 1. The fourth-order valence-corrected chi connectivity index (χ4v) is 4.16. The van der Waals surface area contributed by atoms with Gasteiger partial charge in [-0.2, -0.15) is 0 Å². The summed E-state index contributed by atoms with van der Waals surface area (Å²) in [5, 5.41) is 3.34. The highest BCUT2D eigenvalue weighted by Gasteiger charge is 2.18. The van der Waals surface area contributed by atoms with Crippen LogP contribution in [-0.2, 0) is 21.4 Å². The van der Waals surface area contributed by atoms with Crippen LogP contribution < -0.4 is 14.4 Å². The minimum absolute atomic E-state index is 0.171. The molecule has 1 N–H and O–H groups in total. The monoisotopic (exact) mass is 522 g/mol. The van der Waals surface area contributed by atoms with E-state index in [4.69, 9.17) is 16.3 Å². The summed E-state index contributed by atoms with van der Waals surface area (Å²) in [6.07, 6.45) is 1.15. The van der Waals surface area contributed by atoms with E-state index < -0.39 is 10.0 Å². The third-order valence-electron chi connectivity index (χ3n) is 4.28. The first-order chi connectivity index (χ1) is 14.7. The second kappa shape index (κ2) is 10.2. The van der Waals surface area contributed by atoms with Gasteiger partial charge in [0.2, 0.25) is 10.0 Å². The van der Waals surface area contributed by atoms with Crippen LogP contribution in [0.25, 0.3) is 0 Å². The van der Waals surface area contributed by atoms with Gasteiger partial charge >= 0.3 is 0 Å². The summed E-state index contributed by atoms with van der Waals surface area (Å²) in [4.78, 5) is 12.1. The zero-order chi connectivity index (χ0) is 22.4. The number of rotatable bonds is 8. The Morgan fingerprint density at radius 2 is 1.68 bits per heavy atom. The van der Waals surface area contributed by atoms with Crippen molar-refractivity contribution in [1.29, 1.82) is 0 Å². The van der Waals surface area contributed by atoms with Gasteiger partial charge in [-0.25, -0.2) is 8.42 Å². The lowest BCUT2D eigenvalue weighted by Crippen LogP contribution is -2.29. The maximum atomic E-state index is 12.3. The number of para-hydroxylation sites is 1. The molecule has 0 unspecified atom stereocenters. The Labute approximate surface area is 195 Å². The first-order valence-corrected chi connectivity index (χ1v) is 12.2. The van der Waals surface area contributed by atoms with Crippen molar-refractivity contribution < 1.29 is 17.9 Å². The van der Waals surface area contributed by atoms with Crippen LogP contribution in [0.5, 0.6) is 5.75 Å². The number of hydrogen-bond acceptors (Lipinski definition) is 4. The van der Waals surface area contributed by atoms with Crippen LogP contribution in [0.3, 0.4) is 0 Å². The van der Waals surface area contributed by atoms with Crippen molar-refractivity contribution in [3.05, 3.63) is 87.9 Å². The molecule has 0 spiro atoms. The molecular formula is C22H20BrClN2O4S. The number of anilines is 2. The van der Waals surface area contributed by atoms with Gasteiger partial charge in [-0.05, 0) is 70.0 Å². The molecule has 0 heterocycles. The lowest BCUT2D eigenvalue weighted by atomic mass is 10.2. The summed E-state index contributed by atoms with van der Waals surface area (Å²) in [5.74, 6) is 0.141. The van der Waals surface area contributed by atoms with Crippen molar-refractivity contribution in [1.82, 2.24) is 0 Å². The molecule has 0 atom stereocenters. The van der Waals surface area contributed by atoms with Crippen LogP contribution >= 0.6 is 27.5 Å². The van der Waals surface area contributed by atoms with Gasteiger partial charge in [0.25, 0.3) is 5.91 Å². The van der Waals surface area contributed by atoms with Crippen molar-refractivity contribution in [2.45, 2.75) is 6.54 Å². The summed E-state index contributed by atoms with van der Waals surface area (Å²) in [5.41, 5.74) is 1.94. The van der Waals surface area contributed by atoms with E-state index in [1.165, 1.54) is 4.31 Å². The molecular weight excluding hydrogens is 504 g/mol. The maximum absolute atomic E-state index is 12.3.